The lowest BCUT2D eigenvalue weighted by Gasteiger charge is -2.20. The van der Waals surface area contributed by atoms with Crippen LogP contribution in [0.2, 0.25) is 0 Å². The predicted octanol–water partition coefficient (Wildman–Crippen LogP) is 3.83. The molecule has 1 aromatic rings. The predicted molar refractivity (Wildman–Crippen MR) is 72.6 cm³/mol. The summed E-state index contributed by atoms with van der Waals surface area (Å²) in [5.74, 6) is 5.00. The Balaban J connectivity index is 1.52. The Morgan fingerprint density at radius 3 is 2.89 bits per heavy atom. The SMILES string of the molecule is CC1CCCc2[nH]c(CC3CC4CCC3C4)nc21. The molecule has 4 unspecified atom stereocenters. The lowest BCUT2D eigenvalue weighted by atomic mass is 9.86. The van der Waals surface area contributed by atoms with E-state index in [1.165, 1.54) is 68.6 Å². The summed E-state index contributed by atoms with van der Waals surface area (Å²) in [5.41, 5.74) is 2.84. The van der Waals surface area contributed by atoms with Gasteiger partial charge in [0.25, 0.3) is 0 Å². The van der Waals surface area contributed by atoms with E-state index in [0.29, 0.717) is 5.92 Å². The fourth-order valence-electron chi connectivity index (χ4n) is 4.77. The number of aryl methyl sites for hydroxylation is 1. The van der Waals surface area contributed by atoms with Crippen molar-refractivity contribution in [1.29, 1.82) is 0 Å². The third-order valence-corrected chi connectivity index (χ3v) is 5.73. The highest BCUT2D eigenvalue weighted by molar-refractivity contribution is 5.22. The monoisotopic (exact) mass is 244 g/mol. The average Bonchev–Trinajstić information content (AvgIpc) is 3.03. The first-order valence-corrected chi connectivity index (χ1v) is 7.87. The third kappa shape index (κ3) is 1.72. The molecule has 0 saturated heterocycles. The maximum Gasteiger partial charge on any atom is 0.106 e. The minimum Gasteiger partial charge on any atom is -0.346 e. The van der Waals surface area contributed by atoms with Crippen LogP contribution in [0.4, 0.5) is 0 Å². The number of imidazole rings is 1. The van der Waals surface area contributed by atoms with Gasteiger partial charge in [-0.15, -0.1) is 0 Å². The molecule has 18 heavy (non-hydrogen) atoms. The Hall–Kier alpha value is -0.790. The van der Waals surface area contributed by atoms with E-state index in [2.05, 4.69) is 11.9 Å². The molecule has 3 aliphatic rings. The van der Waals surface area contributed by atoms with Crippen LogP contribution >= 0.6 is 0 Å². The van der Waals surface area contributed by atoms with Crippen molar-refractivity contribution in [2.75, 3.05) is 0 Å². The van der Waals surface area contributed by atoms with E-state index in [1.54, 1.807) is 0 Å². The zero-order valence-corrected chi connectivity index (χ0v) is 11.4. The number of rotatable bonds is 2. The summed E-state index contributed by atoms with van der Waals surface area (Å²) in [4.78, 5) is 8.56. The fourth-order valence-corrected chi connectivity index (χ4v) is 4.77. The zero-order chi connectivity index (χ0) is 12.1. The normalized spacial score (nSPS) is 38.1. The molecule has 0 aliphatic heterocycles. The van der Waals surface area contributed by atoms with E-state index in [0.717, 1.165) is 17.8 Å². The van der Waals surface area contributed by atoms with Crippen molar-refractivity contribution in [3.63, 3.8) is 0 Å². The molecule has 4 atom stereocenters. The molecule has 0 aromatic carbocycles. The maximum atomic E-state index is 4.92. The minimum atomic E-state index is 0.679. The van der Waals surface area contributed by atoms with Crippen LogP contribution in [0.1, 0.15) is 68.6 Å². The highest BCUT2D eigenvalue weighted by atomic mass is 14.9. The molecule has 0 amide bonds. The van der Waals surface area contributed by atoms with Crippen molar-refractivity contribution in [2.24, 2.45) is 17.8 Å². The molecule has 2 fully saturated rings. The summed E-state index contributed by atoms with van der Waals surface area (Å²) < 4.78 is 0. The van der Waals surface area contributed by atoms with Crippen molar-refractivity contribution in [1.82, 2.24) is 9.97 Å². The fraction of sp³-hybridized carbons (Fsp3) is 0.812. The van der Waals surface area contributed by atoms with Gasteiger partial charge in [-0.1, -0.05) is 13.3 Å². The van der Waals surface area contributed by atoms with Gasteiger partial charge in [0, 0.05) is 18.0 Å². The summed E-state index contributed by atoms with van der Waals surface area (Å²) in [5, 5.41) is 0. The Morgan fingerprint density at radius 1 is 1.22 bits per heavy atom. The smallest absolute Gasteiger partial charge is 0.106 e. The van der Waals surface area contributed by atoms with E-state index in [1.807, 2.05) is 0 Å². The molecule has 0 radical (unpaired) electrons. The molecule has 1 heterocycles. The summed E-state index contributed by atoms with van der Waals surface area (Å²) in [6.45, 7) is 2.33. The standard InChI is InChI=1S/C16H24N2/c1-10-3-2-4-14-16(10)18-15(17-14)9-13-8-11-5-6-12(13)7-11/h10-13H,2-9H2,1H3,(H,17,18). The van der Waals surface area contributed by atoms with Gasteiger partial charge in [0.2, 0.25) is 0 Å². The highest BCUT2D eigenvalue weighted by Crippen LogP contribution is 2.49. The molecule has 2 heteroatoms. The molecular formula is C16H24N2. The van der Waals surface area contributed by atoms with Crippen LogP contribution < -0.4 is 0 Å². The van der Waals surface area contributed by atoms with Crippen LogP contribution in [0, 0.1) is 17.8 Å². The van der Waals surface area contributed by atoms with Gasteiger partial charge in [0.1, 0.15) is 5.82 Å². The van der Waals surface area contributed by atoms with Gasteiger partial charge in [-0.05, 0) is 56.3 Å². The topological polar surface area (TPSA) is 28.7 Å². The van der Waals surface area contributed by atoms with Gasteiger partial charge < -0.3 is 4.98 Å². The lowest BCUT2D eigenvalue weighted by molar-refractivity contribution is 0.327. The molecule has 98 valence electrons. The van der Waals surface area contributed by atoms with Crippen LogP contribution in [0.15, 0.2) is 0 Å². The Bertz CT molecular complexity index is 448. The number of hydrogen-bond donors (Lipinski definition) is 1. The van der Waals surface area contributed by atoms with Crippen molar-refractivity contribution in [2.45, 2.75) is 64.2 Å². The Labute approximate surface area is 110 Å². The van der Waals surface area contributed by atoms with Crippen LogP contribution in [0.25, 0.3) is 0 Å². The molecule has 3 aliphatic carbocycles. The van der Waals surface area contributed by atoms with Crippen molar-refractivity contribution in [3.8, 4) is 0 Å². The van der Waals surface area contributed by atoms with E-state index < -0.39 is 0 Å². The van der Waals surface area contributed by atoms with Crippen LogP contribution in [0.5, 0.6) is 0 Å². The molecule has 4 rings (SSSR count). The van der Waals surface area contributed by atoms with E-state index >= 15 is 0 Å². The van der Waals surface area contributed by atoms with Gasteiger partial charge >= 0.3 is 0 Å². The van der Waals surface area contributed by atoms with Crippen molar-refractivity contribution in [3.05, 3.63) is 17.2 Å². The average molecular weight is 244 g/mol. The molecule has 2 bridgehead atoms. The number of fused-ring (bicyclic) bond motifs is 3. The van der Waals surface area contributed by atoms with E-state index in [4.69, 9.17) is 4.98 Å². The number of H-pyrrole nitrogens is 1. The second-order valence-electron chi connectivity index (χ2n) is 6.98. The number of hydrogen-bond acceptors (Lipinski definition) is 1. The zero-order valence-electron chi connectivity index (χ0n) is 11.4. The molecular weight excluding hydrogens is 220 g/mol. The molecule has 0 spiro atoms. The maximum absolute atomic E-state index is 4.92. The highest BCUT2D eigenvalue weighted by Gasteiger charge is 2.39. The second-order valence-corrected chi connectivity index (χ2v) is 6.98. The van der Waals surface area contributed by atoms with Gasteiger partial charge in [0.05, 0.1) is 5.69 Å². The number of nitrogens with zero attached hydrogens (tertiary/aromatic N) is 1. The van der Waals surface area contributed by atoms with E-state index in [-0.39, 0.29) is 0 Å². The van der Waals surface area contributed by atoms with Crippen LogP contribution in [-0.4, -0.2) is 9.97 Å². The van der Waals surface area contributed by atoms with Gasteiger partial charge in [-0.2, -0.15) is 0 Å². The first-order valence-electron chi connectivity index (χ1n) is 7.87. The summed E-state index contributed by atoms with van der Waals surface area (Å²) in [6, 6.07) is 0. The van der Waals surface area contributed by atoms with Gasteiger partial charge in [-0.3, -0.25) is 0 Å². The summed E-state index contributed by atoms with van der Waals surface area (Å²) in [7, 11) is 0. The first kappa shape index (κ1) is 11.1. The quantitative estimate of drug-likeness (QED) is 0.841. The van der Waals surface area contributed by atoms with Crippen molar-refractivity contribution >= 4 is 0 Å². The Morgan fingerprint density at radius 2 is 2.17 bits per heavy atom. The largest absolute Gasteiger partial charge is 0.346 e. The molecule has 2 nitrogen and oxygen atoms in total. The number of aromatic nitrogens is 2. The number of nitrogens with one attached hydrogen (secondary N) is 1. The van der Waals surface area contributed by atoms with Gasteiger partial charge in [-0.25, -0.2) is 4.98 Å². The molecule has 2 saturated carbocycles. The Kier molecular flexibility index (Phi) is 2.53. The number of aromatic amines is 1. The minimum absolute atomic E-state index is 0.679. The van der Waals surface area contributed by atoms with Gasteiger partial charge in [0.15, 0.2) is 0 Å². The van der Waals surface area contributed by atoms with E-state index in [9.17, 15) is 0 Å². The molecule has 1 N–H and O–H groups in total. The van der Waals surface area contributed by atoms with Crippen LogP contribution in [-0.2, 0) is 12.8 Å². The first-order chi connectivity index (χ1) is 8.79. The third-order valence-electron chi connectivity index (χ3n) is 5.73. The second kappa shape index (κ2) is 4.11. The van der Waals surface area contributed by atoms with Crippen LogP contribution in [0.3, 0.4) is 0 Å². The summed E-state index contributed by atoms with van der Waals surface area (Å²) >= 11 is 0. The van der Waals surface area contributed by atoms with Crippen molar-refractivity contribution < 1.29 is 0 Å². The summed E-state index contributed by atoms with van der Waals surface area (Å²) in [6.07, 6.45) is 11.1. The molecule has 1 aromatic heterocycles. The lowest BCUT2D eigenvalue weighted by Crippen LogP contribution is -2.13.